The highest BCUT2D eigenvalue weighted by molar-refractivity contribution is 5.95. The van der Waals surface area contributed by atoms with E-state index >= 15 is 0 Å². The van der Waals surface area contributed by atoms with Gasteiger partial charge in [-0.25, -0.2) is 0 Å². The van der Waals surface area contributed by atoms with Gasteiger partial charge >= 0.3 is 0 Å². The lowest BCUT2D eigenvalue weighted by molar-refractivity contribution is 0.0679. The molecule has 1 saturated carbocycles. The number of nitrogens with two attached hydrogens (primary N) is 1. The molecule has 2 aromatic rings. The number of nitrogen functional groups attached to an aromatic ring is 1. The maximum Gasteiger partial charge on any atom is 0.254 e. The van der Waals surface area contributed by atoms with E-state index in [1.54, 1.807) is 6.07 Å². The van der Waals surface area contributed by atoms with E-state index in [1.807, 2.05) is 41.3 Å². The molecule has 0 spiro atoms. The van der Waals surface area contributed by atoms with Crippen LogP contribution in [0, 0.1) is 5.92 Å². The van der Waals surface area contributed by atoms with Crippen molar-refractivity contribution < 1.29 is 4.79 Å². The van der Waals surface area contributed by atoms with Crippen LogP contribution in [0.1, 0.15) is 35.2 Å². The van der Waals surface area contributed by atoms with Gasteiger partial charge in [-0.3, -0.25) is 4.79 Å². The molecule has 114 valence electrons. The first-order valence-electron chi connectivity index (χ1n) is 7.91. The van der Waals surface area contributed by atoms with Crippen molar-refractivity contribution in [3.05, 3.63) is 65.7 Å². The molecule has 22 heavy (non-hydrogen) atoms. The van der Waals surface area contributed by atoms with Crippen LogP contribution in [0.25, 0.3) is 0 Å². The number of carbonyl (C=O) groups is 1. The molecule has 0 aromatic heterocycles. The Bertz CT molecular complexity index is 635. The summed E-state index contributed by atoms with van der Waals surface area (Å²) in [5, 5.41) is 0. The standard InChI is InChI=1S/C19H22N2O/c20-18-11-5-10-17(12-18)19(22)21(14-16-8-4-9-16)13-15-6-2-1-3-7-15/h1-3,5-7,10-12,16H,4,8-9,13-14,20H2. The second-order valence-corrected chi connectivity index (χ2v) is 6.09. The third-order valence-corrected chi connectivity index (χ3v) is 4.34. The van der Waals surface area contributed by atoms with Gasteiger partial charge in [0.25, 0.3) is 5.91 Å². The van der Waals surface area contributed by atoms with Crippen LogP contribution >= 0.6 is 0 Å². The number of amides is 1. The summed E-state index contributed by atoms with van der Waals surface area (Å²) in [7, 11) is 0. The molecule has 1 aliphatic carbocycles. The Morgan fingerprint density at radius 2 is 1.86 bits per heavy atom. The van der Waals surface area contributed by atoms with E-state index in [-0.39, 0.29) is 5.91 Å². The van der Waals surface area contributed by atoms with Crippen molar-refractivity contribution in [2.75, 3.05) is 12.3 Å². The first-order valence-corrected chi connectivity index (χ1v) is 7.91. The summed E-state index contributed by atoms with van der Waals surface area (Å²) in [6.07, 6.45) is 3.75. The van der Waals surface area contributed by atoms with Crippen molar-refractivity contribution in [1.29, 1.82) is 0 Å². The van der Waals surface area contributed by atoms with E-state index in [4.69, 9.17) is 5.73 Å². The first kappa shape index (κ1) is 14.6. The fourth-order valence-corrected chi connectivity index (χ4v) is 2.86. The highest BCUT2D eigenvalue weighted by Gasteiger charge is 2.24. The van der Waals surface area contributed by atoms with E-state index in [9.17, 15) is 4.79 Å². The molecule has 0 unspecified atom stereocenters. The van der Waals surface area contributed by atoms with Crippen molar-refractivity contribution >= 4 is 11.6 Å². The highest BCUT2D eigenvalue weighted by atomic mass is 16.2. The lowest BCUT2D eigenvalue weighted by Gasteiger charge is -2.32. The van der Waals surface area contributed by atoms with E-state index in [2.05, 4.69) is 12.1 Å². The number of anilines is 1. The van der Waals surface area contributed by atoms with E-state index in [0.717, 1.165) is 6.54 Å². The molecule has 0 saturated heterocycles. The van der Waals surface area contributed by atoms with Crippen molar-refractivity contribution in [2.24, 2.45) is 5.92 Å². The van der Waals surface area contributed by atoms with Crippen molar-refractivity contribution in [1.82, 2.24) is 4.90 Å². The van der Waals surface area contributed by atoms with Gasteiger partial charge in [0.15, 0.2) is 0 Å². The van der Waals surface area contributed by atoms with Crippen LogP contribution in [0.5, 0.6) is 0 Å². The summed E-state index contributed by atoms with van der Waals surface area (Å²) in [4.78, 5) is 14.8. The lowest BCUT2D eigenvalue weighted by Crippen LogP contribution is -2.37. The number of benzene rings is 2. The minimum atomic E-state index is 0.0723. The summed E-state index contributed by atoms with van der Waals surface area (Å²) in [5.41, 5.74) is 8.29. The van der Waals surface area contributed by atoms with Gasteiger partial charge in [-0.2, -0.15) is 0 Å². The molecule has 2 aromatic carbocycles. The molecule has 3 heteroatoms. The minimum absolute atomic E-state index is 0.0723. The number of hydrogen-bond donors (Lipinski definition) is 1. The predicted octanol–water partition coefficient (Wildman–Crippen LogP) is 3.71. The summed E-state index contributed by atoms with van der Waals surface area (Å²) >= 11 is 0. The van der Waals surface area contributed by atoms with Gasteiger partial charge in [-0.15, -0.1) is 0 Å². The second-order valence-electron chi connectivity index (χ2n) is 6.09. The summed E-state index contributed by atoms with van der Waals surface area (Å²) in [6, 6.07) is 17.4. The predicted molar refractivity (Wildman–Crippen MR) is 89.4 cm³/mol. The smallest absolute Gasteiger partial charge is 0.254 e. The van der Waals surface area contributed by atoms with Crippen molar-refractivity contribution in [3.63, 3.8) is 0 Å². The maximum absolute atomic E-state index is 12.8. The van der Waals surface area contributed by atoms with Crippen LogP contribution in [0.2, 0.25) is 0 Å². The van der Waals surface area contributed by atoms with Gasteiger partial charge < -0.3 is 10.6 Å². The van der Waals surface area contributed by atoms with Gasteiger partial charge in [0.05, 0.1) is 0 Å². The van der Waals surface area contributed by atoms with Crippen LogP contribution in [-0.2, 0) is 6.54 Å². The molecule has 3 nitrogen and oxygen atoms in total. The van der Waals surface area contributed by atoms with Gasteiger partial charge in [0, 0.05) is 24.3 Å². The SMILES string of the molecule is Nc1cccc(C(=O)N(Cc2ccccc2)CC2CCC2)c1. The average molecular weight is 294 g/mol. The van der Waals surface area contributed by atoms with Crippen LogP contribution in [-0.4, -0.2) is 17.4 Å². The monoisotopic (exact) mass is 294 g/mol. The van der Waals surface area contributed by atoms with Gasteiger partial charge in [-0.05, 0) is 42.5 Å². The van der Waals surface area contributed by atoms with Crippen molar-refractivity contribution in [2.45, 2.75) is 25.8 Å². The number of rotatable bonds is 5. The third kappa shape index (κ3) is 3.48. The molecule has 1 fully saturated rings. The Morgan fingerprint density at radius 3 is 2.50 bits per heavy atom. The largest absolute Gasteiger partial charge is 0.399 e. The van der Waals surface area contributed by atoms with E-state index in [1.165, 1.54) is 24.8 Å². The zero-order valence-corrected chi connectivity index (χ0v) is 12.7. The summed E-state index contributed by atoms with van der Waals surface area (Å²) in [5.74, 6) is 0.719. The number of carbonyl (C=O) groups excluding carboxylic acids is 1. The second kappa shape index (κ2) is 6.65. The number of hydrogen-bond acceptors (Lipinski definition) is 2. The Kier molecular flexibility index (Phi) is 4.42. The van der Waals surface area contributed by atoms with Gasteiger partial charge in [0.2, 0.25) is 0 Å². The Morgan fingerprint density at radius 1 is 1.09 bits per heavy atom. The maximum atomic E-state index is 12.8. The lowest BCUT2D eigenvalue weighted by atomic mass is 9.85. The normalized spacial score (nSPS) is 14.4. The number of nitrogens with zero attached hydrogens (tertiary/aromatic N) is 1. The summed E-state index contributed by atoms with van der Waals surface area (Å²) < 4.78 is 0. The Balaban J connectivity index is 1.79. The van der Waals surface area contributed by atoms with Crippen molar-refractivity contribution in [3.8, 4) is 0 Å². The minimum Gasteiger partial charge on any atom is -0.399 e. The van der Waals surface area contributed by atoms with Gasteiger partial charge in [0.1, 0.15) is 0 Å². The van der Waals surface area contributed by atoms with Gasteiger partial charge in [-0.1, -0.05) is 42.8 Å². The zero-order valence-electron chi connectivity index (χ0n) is 12.7. The third-order valence-electron chi connectivity index (χ3n) is 4.34. The molecule has 0 bridgehead atoms. The molecular formula is C19H22N2O. The van der Waals surface area contributed by atoms with E-state index < -0.39 is 0 Å². The van der Waals surface area contributed by atoms with Crippen LogP contribution in [0.3, 0.4) is 0 Å². The average Bonchev–Trinajstić information content (AvgIpc) is 2.50. The molecule has 1 aliphatic rings. The summed E-state index contributed by atoms with van der Waals surface area (Å²) in [6.45, 7) is 1.49. The quantitative estimate of drug-likeness (QED) is 0.854. The fourth-order valence-electron chi connectivity index (χ4n) is 2.86. The molecule has 0 radical (unpaired) electrons. The highest BCUT2D eigenvalue weighted by Crippen LogP contribution is 2.28. The molecule has 0 heterocycles. The zero-order chi connectivity index (χ0) is 15.4. The van der Waals surface area contributed by atoms with Crippen LogP contribution in [0.15, 0.2) is 54.6 Å². The van der Waals surface area contributed by atoms with Crippen LogP contribution < -0.4 is 5.73 Å². The van der Waals surface area contributed by atoms with E-state index in [0.29, 0.717) is 23.7 Å². The molecule has 0 aliphatic heterocycles. The Labute approximate surface area is 131 Å². The molecule has 1 amide bonds. The molecular weight excluding hydrogens is 272 g/mol. The Hall–Kier alpha value is -2.29. The fraction of sp³-hybridized carbons (Fsp3) is 0.316. The van der Waals surface area contributed by atoms with Crippen LogP contribution in [0.4, 0.5) is 5.69 Å². The molecule has 2 N–H and O–H groups in total. The first-order chi connectivity index (χ1) is 10.7. The topological polar surface area (TPSA) is 46.3 Å². The molecule has 3 rings (SSSR count). The molecule has 0 atom stereocenters.